The highest BCUT2D eigenvalue weighted by molar-refractivity contribution is 6.30. The fourth-order valence-electron chi connectivity index (χ4n) is 5.75. The van der Waals surface area contributed by atoms with Crippen LogP contribution < -0.4 is 5.73 Å². The standard InChI is InChI=1S/C27H27ClFN3O4/c1-36-15-27-12-21(22(33)10-9-16-5-4-7-19(28)25(16)29)32(23(27)13-27)24(34)11-17-14-31(26(30)35)20-8-3-2-6-18(17)20/h2-8,14,21,23H,9-13,15H2,1H3,(H2,30,35)/t21-,23+,27-/m0/s1. The summed E-state index contributed by atoms with van der Waals surface area (Å²) in [6.07, 6.45) is 3.24. The van der Waals surface area contributed by atoms with Crippen molar-refractivity contribution in [2.75, 3.05) is 13.7 Å². The largest absolute Gasteiger partial charge is 0.384 e. The summed E-state index contributed by atoms with van der Waals surface area (Å²) >= 11 is 5.88. The molecule has 2 N–H and O–H groups in total. The van der Waals surface area contributed by atoms with Crippen molar-refractivity contribution in [3.8, 4) is 0 Å². The first-order valence-electron chi connectivity index (χ1n) is 11.9. The van der Waals surface area contributed by atoms with Crippen LogP contribution in [0.5, 0.6) is 0 Å². The number of nitrogens with two attached hydrogens (primary N) is 1. The van der Waals surface area contributed by atoms with Crippen LogP contribution in [0.2, 0.25) is 5.02 Å². The van der Waals surface area contributed by atoms with Gasteiger partial charge in [0.25, 0.3) is 0 Å². The van der Waals surface area contributed by atoms with Gasteiger partial charge in [-0.15, -0.1) is 0 Å². The van der Waals surface area contributed by atoms with E-state index in [0.717, 1.165) is 11.8 Å². The number of ether oxygens (including phenoxy) is 1. The molecule has 2 heterocycles. The van der Waals surface area contributed by atoms with Crippen LogP contribution >= 0.6 is 11.6 Å². The smallest absolute Gasteiger partial charge is 0.323 e. The van der Waals surface area contributed by atoms with Crippen LogP contribution in [0.15, 0.2) is 48.7 Å². The fourth-order valence-corrected chi connectivity index (χ4v) is 5.95. The SMILES string of the molecule is COC[C@@]12C[C@@H](C(=O)CCc3cccc(Cl)c3F)N(C(=O)Cc3cn(C(N)=O)c4ccccc34)[C@@H]1C2. The summed E-state index contributed by atoms with van der Waals surface area (Å²) in [5.41, 5.74) is 6.98. The van der Waals surface area contributed by atoms with Crippen molar-refractivity contribution in [1.82, 2.24) is 9.47 Å². The van der Waals surface area contributed by atoms with Gasteiger partial charge in [-0.05, 0) is 42.5 Å². The number of fused-ring (bicyclic) bond motifs is 2. The molecule has 0 unspecified atom stereocenters. The highest BCUT2D eigenvalue weighted by Crippen LogP contribution is 2.60. The number of primary amides is 1. The summed E-state index contributed by atoms with van der Waals surface area (Å²) in [5, 5.41) is 0.787. The normalized spacial score (nSPS) is 22.6. The lowest BCUT2D eigenvalue weighted by atomic mass is 9.95. The Bertz CT molecular complexity index is 1370. The third kappa shape index (κ3) is 4.18. The molecule has 9 heteroatoms. The number of piperidine rings is 1. The minimum absolute atomic E-state index is 0.0213. The maximum atomic E-state index is 14.3. The third-order valence-corrected chi connectivity index (χ3v) is 7.85. The van der Waals surface area contributed by atoms with E-state index in [0.29, 0.717) is 29.7 Å². The summed E-state index contributed by atoms with van der Waals surface area (Å²) in [6.45, 7) is 0.467. The van der Waals surface area contributed by atoms with Crippen LogP contribution in [-0.2, 0) is 27.2 Å². The van der Waals surface area contributed by atoms with Gasteiger partial charge < -0.3 is 15.4 Å². The fraction of sp³-hybridized carbons (Fsp3) is 0.370. The Morgan fingerprint density at radius 1 is 1.14 bits per heavy atom. The number of para-hydroxylation sites is 1. The number of likely N-dealkylation sites (tertiary alicyclic amines) is 1. The van der Waals surface area contributed by atoms with Crippen molar-refractivity contribution >= 4 is 40.2 Å². The number of hydrogen-bond donors (Lipinski definition) is 1. The minimum Gasteiger partial charge on any atom is -0.384 e. The van der Waals surface area contributed by atoms with Crippen molar-refractivity contribution in [2.45, 2.75) is 44.2 Å². The number of nitrogens with zero attached hydrogens (tertiary/aromatic N) is 2. The van der Waals surface area contributed by atoms with Crippen LogP contribution in [0.1, 0.15) is 30.4 Å². The minimum atomic E-state index is -0.631. The molecule has 2 fully saturated rings. The lowest BCUT2D eigenvalue weighted by molar-refractivity contribution is -0.138. The average Bonchev–Trinajstić information content (AvgIpc) is 3.26. The second-order valence-electron chi connectivity index (χ2n) is 9.77. The van der Waals surface area contributed by atoms with E-state index in [1.165, 1.54) is 10.6 Å². The quantitative estimate of drug-likeness (QED) is 0.492. The molecule has 2 aliphatic rings. The number of benzene rings is 2. The van der Waals surface area contributed by atoms with Crippen LogP contribution in [-0.4, -0.2) is 53.0 Å². The topological polar surface area (TPSA) is 94.6 Å². The van der Waals surface area contributed by atoms with E-state index in [2.05, 4.69) is 0 Å². The molecule has 7 nitrogen and oxygen atoms in total. The van der Waals surface area contributed by atoms with Crippen molar-refractivity contribution in [3.05, 3.63) is 70.6 Å². The lowest BCUT2D eigenvalue weighted by Crippen LogP contribution is -2.44. The number of carbonyl (C=O) groups excluding carboxylic acids is 3. The molecule has 1 saturated carbocycles. The van der Waals surface area contributed by atoms with Crippen molar-refractivity contribution in [3.63, 3.8) is 0 Å². The van der Waals surface area contributed by atoms with Crippen molar-refractivity contribution in [2.24, 2.45) is 11.1 Å². The van der Waals surface area contributed by atoms with Gasteiger partial charge in [-0.2, -0.15) is 0 Å². The van der Waals surface area contributed by atoms with Crippen LogP contribution in [0.25, 0.3) is 10.9 Å². The number of hydrogen-bond acceptors (Lipinski definition) is 4. The van der Waals surface area contributed by atoms with Gasteiger partial charge in [-0.3, -0.25) is 14.2 Å². The molecular formula is C27H27ClFN3O4. The van der Waals surface area contributed by atoms with E-state index < -0.39 is 17.9 Å². The molecule has 3 aromatic rings. The number of amides is 2. The molecule has 0 radical (unpaired) electrons. The number of aryl methyl sites for hydroxylation is 1. The monoisotopic (exact) mass is 511 g/mol. The van der Waals surface area contributed by atoms with Crippen LogP contribution in [0.3, 0.4) is 0 Å². The van der Waals surface area contributed by atoms with Gasteiger partial charge in [0.1, 0.15) is 5.82 Å². The maximum Gasteiger partial charge on any atom is 0.323 e. The van der Waals surface area contributed by atoms with Gasteiger partial charge in [0, 0.05) is 36.6 Å². The molecule has 2 aromatic carbocycles. The zero-order chi connectivity index (χ0) is 25.6. The predicted molar refractivity (Wildman–Crippen MR) is 133 cm³/mol. The van der Waals surface area contributed by atoms with E-state index >= 15 is 0 Å². The molecule has 36 heavy (non-hydrogen) atoms. The Kier molecular flexibility index (Phi) is 6.34. The first kappa shape index (κ1) is 24.5. The summed E-state index contributed by atoms with van der Waals surface area (Å²) in [4.78, 5) is 40.6. The Morgan fingerprint density at radius 2 is 1.92 bits per heavy atom. The summed E-state index contributed by atoms with van der Waals surface area (Å²) < 4.78 is 21.1. The summed E-state index contributed by atoms with van der Waals surface area (Å²) in [6, 6.07) is 10.7. The molecular weight excluding hydrogens is 485 g/mol. The van der Waals surface area contributed by atoms with Crippen molar-refractivity contribution in [1.29, 1.82) is 0 Å². The number of rotatable bonds is 8. The highest BCUT2D eigenvalue weighted by atomic mass is 35.5. The molecule has 1 aliphatic heterocycles. The molecule has 1 aliphatic carbocycles. The number of carbonyl (C=O) groups is 3. The molecule has 0 bridgehead atoms. The number of methoxy groups -OCH3 is 1. The van der Waals surface area contributed by atoms with Crippen LogP contribution in [0, 0.1) is 11.2 Å². The molecule has 1 aromatic heterocycles. The summed E-state index contributed by atoms with van der Waals surface area (Å²) in [5.74, 6) is -0.809. The number of Topliss-reactive ketones (excluding diaryl/α,β-unsaturated/α-hetero) is 1. The second-order valence-corrected chi connectivity index (χ2v) is 10.2. The lowest BCUT2D eigenvalue weighted by Gasteiger charge is -2.27. The predicted octanol–water partition coefficient (Wildman–Crippen LogP) is 4.11. The van der Waals surface area contributed by atoms with Crippen molar-refractivity contribution < 1.29 is 23.5 Å². The maximum absolute atomic E-state index is 14.3. The first-order chi connectivity index (χ1) is 17.3. The van der Waals surface area contributed by atoms with E-state index in [4.69, 9.17) is 22.1 Å². The van der Waals surface area contributed by atoms with E-state index in [-0.39, 0.29) is 47.4 Å². The summed E-state index contributed by atoms with van der Waals surface area (Å²) in [7, 11) is 1.62. The Balaban J connectivity index is 1.38. The van der Waals surface area contributed by atoms with E-state index in [9.17, 15) is 18.8 Å². The molecule has 2 amide bonds. The number of aromatic nitrogens is 1. The first-order valence-corrected chi connectivity index (χ1v) is 12.3. The zero-order valence-corrected chi connectivity index (χ0v) is 20.6. The Labute approximate surface area is 212 Å². The number of ketones is 1. The van der Waals surface area contributed by atoms with Gasteiger partial charge in [0.2, 0.25) is 5.91 Å². The van der Waals surface area contributed by atoms with Gasteiger partial charge in [-0.25, -0.2) is 9.18 Å². The zero-order valence-electron chi connectivity index (χ0n) is 19.9. The molecule has 1 saturated heterocycles. The Morgan fingerprint density at radius 3 is 2.67 bits per heavy atom. The third-order valence-electron chi connectivity index (χ3n) is 7.56. The Hall–Kier alpha value is -3.23. The molecule has 188 valence electrons. The molecule has 3 atom stereocenters. The van der Waals surface area contributed by atoms with Gasteiger partial charge in [0.05, 0.1) is 29.6 Å². The average molecular weight is 512 g/mol. The molecule has 0 spiro atoms. The molecule has 5 rings (SSSR count). The second kappa shape index (κ2) is 9.33. The van der Waals surface area contributed by atoms with E-state index in [1.807, 2.05) is 12.1 Å². The van der Waals surface area contributed by atoms with Crippen LogP contribution in [0.4, 0.5) is 9.18 Å². The van der Waals surface area contributed by atoms with Gasteiger partial charge in [-0.1, -0.05) is 41.9 Å². The van der Waals surface area contributed by atoms with Gasteiger partial charge >= 0.3 is 6.03 Å². The highest BCUT2D eigenvalue weighted by Gasteiger charge is 2.66. The van der Waals surface area contributed by atoms with E-state index in [1.54, 1.807) is 42.5 Å². The number of halogens is 2. The van der Waals surface area contributed by atoms with Gasteiger partial charge in [0.15, 0.2) is 5.78 Å².